The van der Waals surface area contributed by atoms with Gasteiger partial charge in [0.2, 0.25) is 0 Å². The van der Waals surface area contributed by atoms with Crippen LogP contribution in [0.3, 0.4) is 0 Å². The van der Waals surface area contributed by atoms with E-state index in [0.717, 1.165) is 18.8 Å². The summed E-state index contributed by atoms with van der Waals surface area (Å²) in [5.41, 5.74) is 2.06. The van der Waals surface area contributed by atoms with Crippen LogP contribution in [-0.2, 0) is 5.41 Å². The molecule has 21 heavy (non-hydrogen) atoms. The molecule has 1 aromatic rings. The molecule has 1 aliphatic carbocycles. The number of ether oxygens (including phenoxy) is 1. The normalized spacial score (nSPS) is 36.0. The number of hydrogen-bond donors (Lipinski definition) is 2. The molecular weight excluding hydrogens is 260 g/mol. The molecular formula is C18H28N2O. The summed E-state index contributed by atoms with van der Waals surface area (Å²) in [6, 6.07) is 9.40. The standard InChI is InChI=1S/C18H28N2O/c1-17-8-7-15(19-2)12-18(17,9-10-20-13-17)14-5-4-6-16(11-14)21-3/h4-6,11,15,19-20H,7-10,12-13H2,1-3H3. The lowest BCUT2D eigenvalue weighted by Gasteiger charge is -2.57. The third-order valence-electron chi connectivity index (χ3n) is 6.07. The molecule has 2 fully saturated rings. The molecule has 2 N–H and O–H groups in total. The van der Waals surface area contributed by atoms with Gasteiger partial charge in [-0.15, -0.1) is 0 Å². The van der Waals surface area contributed by atoms with Gasteiger partial charge in [-0.05, 0) is 62.4 Å². The quantitative estimate of drug-likeness (QED) is 0.897. The molecule has 3 unspecified atom stereocenters. The summed E-state index contributed by atoms with van der Waals surface area (Å²) in [6.45, 7) is 4.72. The lowest BCUT2D eigenvalue weighted by molar-refractivity contribution is 0.0254. The van der Waals surface area contributed by atoms with Crippen LogP contribution in [0.4, 0.5) is 0 Å². The maximum Gasteiger partial charge on any atom is 0.119 e. The molecule has 0 spiro atoms. The Bertz CT molecular complexity index is 504. The predicted octanol–water partition coefficient (Wildman–Crippen LogP) is 2.70. The van der Waals surface area contributed by atoms with Crippen molar-refractivity contribution < 1.29 is 4.74 Å². The van der Waals surface area contributed by atoms with Gasteiger partial charge in [0.15, 0.2) is 0 Å². The van der Waals surface area contributed by atoms with Crippen LogP contribution < -0.4 is 15.4 Å². The van der Waals surface area contributed by atoms with E-state index in [9.17, 15) is 0 Å². The maximum absolute atomic E-state index is 5.48. The number of hydrogen-bond acceptors (Lipinski definition) is 3. The van der Waals surface area contributed by atoms with Gasteiger partial charge in [0, 0.05) is 18.0 Å². The summed E-state index contributed by atoms with van der Waals surface area (Å²) in [7, 11) is 3.86. The number of benzene rings is 1. The molecule has 3 heteroatoms. The molecule has 1 saturated heterocycles. The van der Waals surface area contributed by atoms with E-state index in [0.29, 0.717) is 11.5 Å². The van der Waals surface area contributed by atoms with Crippen molar-refractivity contribution in [2.24, 2.45) is 5.41 Å². The van der Waals surface area contributed by atoms with E-state index in [4.69, 9.17) is 4.74 Å². The first-order valence-electron chi connectivity index (χ1n) is 8.16. The second-order valence-electron chi connectivity index (χ2n) is 7.03. The van der Waals surface area contributed by atoms with Crippen LogP contribution in [0.1, 0.15) is 38.2 Å². The van der Waals surface area contributed by atoms with Crippen LogP contribution >= 0.6 is 0 Å². The molecule has 1 aliphatic heterocycles. The zero-order valence-corrected chi connectivity index (χ0v) is 13.5. The highest BCUT2D eigenvalue weighted by molar-refractivity contribution is 5.37. The fraction of sp³-hybridized carbons (Fsp3) is 0.667. The Morgan fingerprint density at radius 1 is 1.33 bits per heavy atom. The van der Waals surface area contributed by atoms with Crippen molar-refractivity contribution in [2.75, 3.05) is 27.2 Å². The minimum Gasteiger partial charge on any atom is -0.497 e. The van der Waals surface area contributed by atoms with Crippen LogP contribution in [0.15, 0.2) is 24.3 Å². The molecule has 0 aromatic heterocycles. The van der Waals surface area contributed by atoms with Gasteiger partial charge in [-0.3, -0.25) is 0 Å². The summed E-state index contributed by atoms with van der Waals surface area (Å²) < 4.78 is 5.48. The topological polar surface area (TPSA) is 33.3 Å². The highest BCUT2D eigenvalue weighted by Crippen LogP contribution is 2.55. The van der Waals surface area contributed by atoms with Crippen molar-refractivity contribution in [3.8, 4) is 5.75 Å². The van der Waals surface area contributed by atoms with Gasteiger partial charge in [-0.25, -0.2) is 0 Å². The molecule has 2 aliphatic rings. The first-order valence-corrected chi connectivity index (χ1v) is 8.16. The Labute approximate surface area is 128 Å². The van der Waals surface area contributed by atoms with Gasteiger partial charge in [-0.1, -0.05) is 19.1 Å². The summed E-state index contributed by atoms with van der Waals surface area (Å²) in [5.74, 6) is 0.981. The monoisotopic (exact) mass is 288 g/mol. The number of fused-ring (bicyclic) bond motifs is 1. The van der Waals surface area contributed by atoms with Crippen molar-refractivity contribution >= 4 is 0 Å². The number of rotatable bonds is 3. The predicted molar refractivity (Wildman–Crippen MR) is 87.0 cm³/mol. The Kier molecular flexibility index (Phi) is 3.98. The first kappa shape index (κ1) is 14.9. The van der Waals surface area contributed by atoms with Crippen molar-refractivity contribution in [2.45, 2.75) is 44.1 Å². The summed E-state index contributed by atoms with van der Waals surface area (Å²) in [5, 5.41) is 7.15. The van der Waals surface area contributed by atoms with Crippen LogP contribution in [0.2, 0.25) is 0 Å². The zero-order chi connectivity index (χ0) is 14.9. The van der Waals surface area contributed by atoms with E-state index >= 15 is 0 Å². The average Bonchev–Trinajstić information content (AvgIpc) is 2.54. The lowest BCUT2D eigenvalue weighted by atomic mass is 9.50. The van der Waals surface area contributed by atoms with Crippen molar-refractivity contribution in [3.05, 3.63) is 29.8 Å². The van der Waals surface area contributed by atoms with Crippen LogP contribution in [0.25, 0.3) is 0 Å². The Balaban J connectivity index is 2.06. The lowest BCUT2D eigenvalue weighted by Crippen LogP contribution is -2.60. The molecule has 0 radical (unpaired) electrons. The molecule has 1 saturated carbocycles. The van der Waals surface area contributed by atoms with Crippen molar-refractivity contribution in [1.29, 1.82) is 0 Å². The fourth-order valence-corrected chi connectivity index (χ4v) is 4.61. The first-order chi connectivity index (χ1) is 10.1. The third kappa shape index (κ3) is 2.36. The molecule has 3 rings (SSSR count). The third-order valence-corrected chi connectivity index (χ3v) is 6.07. The molecule has 3 atom stereocenters. The number of nitrogens with one attached hydrogen (secondary N) is 2. The van der Waals surface area contributed by atoms with Crippen LogP contribution in [0, 0.1) is 5.41 Å². The Morgan fingerprint density at radius 3 is 2.95 bits per heavy atom. The smallest absolute Gasteiger partial charge is 0.119 e. The minimum absolute atomic E-state index is 0.263. The zero-order valence-electron chi connectivity index (χ0n) is 13.5. The average molecular weight is 288 g/mol. The Morgan fingerprint density at radius 2 is 2.19 bits per heavy atom. The van der Waals surface area contributed by atoms with E-state index in [-0.39, 0.29) is 5.41 Å². The van der Waals surface area contributed by atoms with Crippen LogP contribution in [0.5, 0.6) is 5.75 Å². The molecule has 3 nitrogen and oxygen atoms in total. The SMILES string of the molecule is CNC1CCC2(C)CNCCC2(c2cccc(OC)c2)C1. The summed E-state index contributed by atoms with van der Waals surface area (Å²) >= 11 is 0. The van der Waals surface area contributed by atoms with Crippen LogP contribution in [-0.4, -0.2) is 33.3 Å². The van der Waals surface area contributed by atoms with Gasteiger partial charge < -0.3 is 15.4 Å². The summed E-state index contributed by atoms with van der Waals surface area (Å²) in [6.07, 6.45) is 5.01. The maximum atomic E-state index is 5.48. The van der Waals surface area contributed by atoms with E-state index in [2.05, 4.69) is 48.9 Å². The van der Waals surface area contributed by atoms with Crippen molar-refractivity contribution in [1.82, 2.24) is 10.6 Å². The van der Waals surface area contributed by atoms with Gasteiger partial charge in [0.25, 0.3) is 0 Å². The Hall–Kier alpha value is -1.06. The van der Waals surface area contributed by atoms with Gasteiger partial charge in [0.1, 0.15) is 5.75 Å². The number of piperidine rings is 1. The highest BCUT2D eigenvalue weighted by atomic mass is 16.5. The highest BCUT2D eigenvalue weighted by Gasteiger charge is 2.53. The van der Waals surface area contributed by atoms with Gasteiger partial charge in [0.05, 0.1) is 7.11 Å². The molecule has 116 valence electrons. The van der Waals surface area contributed by atoms with E-state index in [1.807, 2.05) is 0 Å². The van der Waals surface area contributed by atoms with Crippen molar-refractivity contribution in [3.63, 3.8) is 0 Å². The largest absolute Gasteiger partial charge is 0.497 e. The van der Waals surface area contributed by atoms with E-state index in [1.165, 1.54) is 31.2 Å². The fourth-order valence-electron chi connectivity index (χ4n) is 4.61. The molecule has 0 bridgehead atoms. The molecule has 0 amide bonds. The number of methoxy groups -OCH3 is 1. The second-order valence-corrected chi connectivity index (χ2v) is 7.03. The minimum atomic E-state index is 0.263. The van der Waals surface area contributed by atoms with E-state index in [1.54, 1.807) is 7.11 Å². The molecule has 1 aromatic carbocycles. The molecule has 1 heterocycles. The van der Waals surface area contributed by atoms with Gasteiger partial charge >= 0.3 is 0 Å². The summed E-state index contributed by atoms with van der Waals surface area (Å²) in [4.78, 5) is 0. The second kappa shape index (κ2) is 5.62. The van der Waals surface area contributed by atoms with E-state index < -0.39 is 0 Å². The van der Waals surface area contributed by atoms with Gasteiger partial charge in [-0.2, -0.15) is 0 Å².